The number of carbonyl (C=O) groups is 2. The molecule has 0 saturated heterocycles. The van der Waals surface area contributed by atoms with E-state index in [-0.39, 0.29) is 24.2 Å². The molecule has 0 bridgehead atoms. The second-order valence-corrected chi connectivity index (χ2v) is 4.87. The van der Waals surface area contributed by atoms with Gasteiger partial charge in [0, 0.05) is 11.6 Å². The van der Waals surface area contributed by atoms with Gasteiger partial charge in [0.05, 0.1) is 17.3 Å². The Balaban J connectivity index is 0.00000400. The third-order valence-electron chi connectivity index (χ3n) is 2.76. The number of nitrogens with two attached hydrogens (primary N) is 1. The van der Waals surface area contributed by atoms with E-state index in [0.717, 1.165) is 6.42 Å². The average Bonchev–Trinajstić information content (AvgIpc) is 2.39. The molecule has 7 heteroatoms. The zero-order chi connectivity index (χ0) is 15.1. The number of carbonyl (C=O) groups excluding carboxylic acids is 2. The van der Waals surface area contributed by atoms with Crippen molar-refractivity contribution in [3.8, 4) is 0 Å². The highest BCUT2D eigenvalue weighted by molar-refractivity contribution is 6.31. The number of amides is 2. The summed E-state index contributed by atoms with van der Waals surface area (Å²) in [5.74, 6) is -0.580. The number of hydrogen-bond acceptors (Lipinski definition) is 3. The van der Waals surface area contributed by atoms with Crippen LogP contribution in [0.2, 0.25) is 5.02 Å². The van der Waals surface area contributed by atoms with Crippen molar-refractivity contribution in [2.24, 2.45) is 5.73 Å². The summed E-state index contributed by atoms with van der Waals surface area (Å²) in [5.41, 5.74) is 6.50. The second-order valence-electron chi connectivity index (χ2n) is 4.43. The van der Waals surface area contributed by atoms with Gasteiger partial charge in [0.15, 0.2) is 0 Å². The number of anilines is 1. The number of nitrogens with one attached hydrogen (secondary N) is 2. The standard InChI is InChI=1S/C14H20ClN3O2.ClH/c1-3-5-11(16)14(20)18-12-8-9(15)6-7-10(12)13(19)17-4-2;/h6-8,11H,3-5,16H2,1-2H3,(H,17,19)(H,18,20);1H. The Hall–Kier alpha value is -1.30. The molecule has 21 heavy (non-hydrogen) atoms. The molecule has 4 N–H and O–H groups in total. The Bertz CT molecular complexity index is 495. The molecule has 0 heterocycles. The van der Waals surface area contributed by atoms with Crippen LogP contribution < -0.4 is 16.4 Å². The lowest BCUT2D eigenvalue weighted by atomic mass is 10.1. The second kappa shape index (κ2) is 9.60. The van der Waals surface area contributed by atoms with Gasteiger partial charge < -0.3 is 16.4 Å². The summed E-state index contributed by atoms with van der Waals surface area (Å²) in [4.78, 5) is 23.9. The molecule has 1 atom stereocenters. The smallest absolute Gasteiger partial charge is 0.253 e. The number of hydrogen-bond donors (Lipinski definition) is 3. The predicted octanol–water partition coefficient (Wildman–Crippen LogP) is 2.58. The van der Waals surface area contributed by atoms with E-state index in [2.05, 4.69) is 10.6 Å². The summed E-state index contributed by atoms with van der Waals surface area (Å²) < 4.78 is 0. The van der Waals surface area contributed by atoms with E-state index in [0.29, 0.717) is 29.2 Å². The molecule has 0 aliphatic carbocycles. The lowest BCUT2D eigenvalue weighted by Gasteiger charge is -2.14. The van der Waals surface area contributed by atoms with Gasteiger partial charge in [0.2, 0.25) is 5.91 Å². The lowest BCUT2D eigenvalue weighted by Crippen LogP contribution is -2.36. The van der Waals surface area contributed by atoms with Crippen LogP contribution in [0.4, 0.5) is 5.69 Å². The van der Waals surface area contributed by atoms with Crippen LogP contribution in [0.25, 0.3) is 0 Å². The predicted molar refractivity (Wildman–Crippen MR) is 88.2 cm³/mol. The van der Waals surface area contributed by atoms with E-state index in [1.54, 1.807) is 18.2 Å². The van der Waals surface area contributed by atoms with Crippen LogP contribution >= 0.6 is 24.0 Å². The van der Waals surface area contributed by atoms with Gasteiger partial charge in [-0.25, -0.2) is 0 Å². The fraction of sp³-hybridized carbons (Fsp3) is 0.429. The van der Waals surface area contributed by atoms with Gasteiger partial charge in [0.1, 0.15) is 0 Å². The molecular formula is C14H21Cl2N3O2. The molecular weight excluding hydrogens is 313 g/mol. The molecule has 1 rings (SSSR count). The van der Waals surface area contributed by atoms with Crippen LogP contribution in [0.1, 0.15) is 37.0 Å². The molecule has 5 nitrogen and oxygen atoms in total. The summed E-state index contributed by atoms with van der Waals surface area (Å²) in [6.07, 6.45) is 1.40. The van der Waals surface area contributed by atoms with Crippen LogP contribution in [-0.2, 0) is 4.79 Å². The third-order valence-corrected chi connectivity index (χ3v) is 2.99. The van der Waals surface area contributed by atoms with Crippen LogP contribution in [0.3, 0.4) is 0 Å². The molecule has 0 spiro atoms. The van der Waals surface area contributed by atoms with Crippen molar-refractivity contribution < 1.29 is 9.59 Å². The quantitative estimate of drug-likeness (QED) is 0.748. The molecule has 0 saturated carbocycles. The first kappa shape index (κ1) is 19.7. The molecule has 118 valence electrons. The SMILES string of the molecule is CCCC(N)C(=O)Nc1cc(Cl)ccc1C(=O)NCC.Cl. The Kier molecular flexibility index (Phi) is 9.01. The van der Waals surface area contributed by atoms with Crippen LogP contribution in [0.5, 0.6) is 0 Å². The molecule has 0 aromatic heterocycles. The molecule has 0 aliphatic heterocycles. The highest BCUT2D eigenvalue weighted by atomic mass is 35.5. The maximum atomic E-state index is 11.9. The van der Waals surface area contributed by atoms with Crippen molar-refractivity contribution in [1.82, 2.24) is 5.32 Å². The van der Waals surface area contributed by atoms with Gasteiger partial charge in [0.25, 0.3) is 5.91 Å². The van der Waals surface area contributed by atoms with Gasteiger partial charge in [-0.05, 0) is 31.5 Å². The summed E-state index contributed by atoms with van der Waals surface area (Å²) in [5, 5.41) is 5.79. The Morgan fingerprint density at radius 3 is 2.57 bits per heavy atom. The Morgan fingerprint density at radius 1 is 1.33 bits per heavy atom. The number of benzene rings is 1. The third kappa shape index (κ3) is 5.91. The summed E-state index contributed by atoms with van der Waals surface area (Å²) in [6, 6.07) is 4.13. The molecule has 1 aromatic carbocycles. The van der Waals surface area contributed by atoms with Crippen molar-refractivity contribution in [2.75, 3.05) is 11.9 Å². The fourth-order valence-electron chi connectivity index (χ4n) is 1.74. The van der Waals surface area contributed by atoms with Crippen molar-refractivity contribution in [1.29, 1.82) is 0 Å². The zero-order valence-corrected chi connectivity index (χ0v) is 13.7. The van der Waals surface area contributed by atoms with Crippen LogP contribution in [-0.4, -0.2) is 24.4 Å². The Morgan fingerprint density at radius 2 is 2.00 bits per heavy atom. The van der Waals surface area contributed by atoms with Gasteiger partial charge in [-0.2, -0.15) is 0 Å². The minimum absolute atomic E-state index is 0. The molecule has 0 radical (unpaired) electrons. The minimum Gasteiger partial charge on any atom is -0.352 e. The summed E-state index contributed by atoms with van der Waals surface area (Å²) in [6.45, 7) is 4.28. The molecule has 0 aliphatic rings. The first-order chi connectivity index (χ1) is 9.49. The molecule has 1 aromatic rings. The molecule has 2 amide bonds. The van der Waals surface area contributed by atoms with Gasteiger partial charge in [-0.3, -0.25) is 9.59 Å². The van der Waals surface area contributed by atoms with E-state index in [9.17, 15) is 9.59 Å². The first-order valence-corrected chi connectivity index (χ1v) is 7.01. The van der Waals surface area contributed by atoms with Crippen molar-refractivity contribution in [3.05, 3.63) is 28.8 Å². The maximum Gasteiger partial charge on any atom is 0.253 e. The first-order valence-electron chi connectivity index (χ1n) is 6.63. The van der Waals surface area contributed by atoms with E-state index in [4.69, 9.17) is 17.3 Å². The van der Waals surface area contributed by atoms with E-state index >= 15 is 0 Å². The fourth-order valence-corrected chi connectivity index (χ4v) is 1.91. The van der Waals surface area contributed by atoms with E-state index in [1.165, 1.54) is 0 Å². The highest BCUT2D eigenvalue weighted by Gasteiger charge is 2.17. The van der Waals surface area contributed by atoms with Gasteiger partial charge >= 0.3 is 0 Å². The van der Waals surface area contributed by atoms with E-state index < -0.39 is 6.04 Å². The normalized spacial score (nSPS) is 11.2. The molecule has 1 unspecified atom stereocenters. The van der Waals surface area contributed by atoms with E-state index in [1.807, 2.05) is 13.8 Å². The van der Waals surface area contributed by atoms with Gasteiger partial charge in [-0.1, -0.05) is 24.9 Å². The van der Waals surface area contributed by atoms with Crippen molar-refractivity contribution in [3.63, 3.8) is 0 Å². The average molecular weight is 334 g/mol. The minimum atomic E-state index is -0.596. The molecule has 0 fully saturated rings. The van der Waals surface area contributed by atoms with Crippen molar-refractivity contribution >= 4 is 41.5 Å². The van der Waals surface area contributed by atoms with Gasteiger partial charge in [-0.15, -0.1) is 12.4 Å². The summed E-state index contributed by atoms with van der Waals surface area (Å²) >= 11 is 5.91. The largest absolute Gasteiger partial charge is 0.352 e. The Labute approximate surface area is 136 Å². The van der Waals surface area contributed by atoms with Crippen LogP contribution in [0, 0.1) is 0 Å². The number of halogens is 2. The lowest BCUT2D eigenvalue weighted by molar-refractivity contribution is -0.117. The zero-order valence-electron chi connectivity index (χ0n) is 12.1. The maximum absolute atomic E-state index is 11.9. The van der Waals surface area contributed by atoms with Crippen LogP contribution in [0.15, 0.2) is 18.2 Å². The monoisotopic (exact) mass is 333 g/mol. The number of rotatable bonds is 6. The highest BCUT2D eigenvalue weighted by Crippen LogP contribution is 2.21. The van der Waals surface area contributed by atoms with Crippen molar-refractivity contribution in [2.45, 2.75) is 32.7 Å². The topological polar surface area (TPSA) is 84.2 Å². The summed E-state index contributed by atoms with van der Waals surface area (Å²) in [7, 11) is 0.